The summed E-state index contributed by atoms with van der Waals surface area (Å²) in [5.41, 5.74) is 3.18. The van der Waals surface area contributed by atoms with Gasteiger partial charge in [-0.15, -0.1) is 0 Å². The van der Waals surface area contributed by atoms with Gasteiger partial charge in [0.25, 0.3) is 0 Å². The van der Waals surface area contributed by atoms with Crippen LogP contribution in [0.3, 0.4) is 0 Å². The fraction of sp³-hybridized carbons (Fsp3) is 0.316. The van der Waals surface area contributed by atoms with E-state index in [9.17, 15) is 4.79 Å². The molecule has 1 aliphatic rings. The highest BCUT2D eigenvalue weighted by atomic mass is 16.5. The van der Waals surface area contributed by atoms with Crippen LogP contribution in [0.5, 0.6) is 5.75 Å². The Balaban J connectivity index is 1.69. The molecule has 0 saturated heterocycles. The normalized spacial score (nSPS) is 16.8. The molecular weight excluding hydrogens is 274 g/mol. The number of hydrogen-bond acceptors (Lipinski definition) is 2. The van der Waals surface area contributed by atoms with E-state index in [1.165, 1.54) is 5.56 Å². The Morgan fingerprint density at radius 2 is 2.00 bits per heavy atom. The van der Waals surface area contributed by atoms with Gasteiger partial charge < -0.3 is 10.1 Å². The number of rotatable bonds is 3. The van der Waals surface area contributed by atoms with E-state index < -0.39 is 0 Å². The molecule has 0 aliphatic carbocycles. The number of hydrogen-bond donors (Lipinski definition) is 1. The second kappa shape index (κ2) is 6.22. The third kappa shape index (κ3) is 3.14. The van der Waals surface area contributed by atoms with Crippen molar-refractivity contribution in [3.8, 4) is 5.75 Å². The van der Waals surface area contributed by atoms with Crippen LogP contribution >= 0.6 is 0 Å². The topological polar surface area (TPSA) is 38.3 Å². The summed E-state index contributed by atoms with van der Waals surface area (Å²) in [4.78, 5) is 12.5. The summed E-state index contributed by atoms with van der Waals surface area (Å²) in [7, 11) is 0. The van der Waals surface area contributed by atoms with E-state index in [1.54, 1.807) is 0 Å². The molecule has 2 aromatic rings. The molecule has 2 aromatic carbocycles. The zero-order chi connectivity index (χ0) is 15.5. The van der Waals surface area contributed by atoms with Crippen LogP contribution in [-0.4, -0.2) is 12.5 Å². The van der Waals surface area contributed by atoms with Crippen molar-refractivity contribution in [2.24, 2.45) is 5.92 Å². The van der Waals surface area contributed by atoms with E-state index in [0.29, 0.717) is 12.5 Å². The highest BCUT2D eigenvalue weighted by molar-refractivity contribution is 5.93. The molecule has 0 aromatic heterocycles. The lowest BCUT2D eigenvalue weighted by molar-refractivity contribution is -0.121. The number of benzene rings is 2. The minimum atomic E-state index is -0.141. The van der Waals surface area contributed by atoms with Crippen LogP contribution in [0, 0.1) is 5.92 Å². The number of amides is 1. The second-order valence-electron chi connectivity index (χ2n) is 6.09. The van der Waals surface area contributed by atoms with Crippen molar-refractivity contribution in [3.63, 3.8) is 0 Å². The van der Waals surface area contributed by atoms with Crippen molar-refractivity contribution < 1.29 is 9.53 Å². The van der Waals surface area contributed by atoms with Crippen LogP contribution in [0.4, 0.5) is 5.69 Å². The molecule has 1 heterocycles. The molecule has 1 N–H and O–H groups in total. The molecule has 22 heavy (non-hydrogen) atoms. The van der Waals surface area contributed by atoms with Gasteiger partial charge in [-0.25, -0.2) is 0 Å². The van der Waals surface area contributed by atoms with Crippen LogP contribution in [-0.2, 0) is 11.2 Å². The van der Waals surface area contributed by atoms with Gasteiger partial charge in [0.05, 0.1) is 5.92 Å². The minimum absolute atomic E-state index is 0.0235. The molecule has 1 unspecified atom stereocenters. The van der Waals surface area contributed by atoms with E-state index in [-0.39, 0.29) is 11.8 Å². The standard InChI is InChI=1S/C19H21NO2/c1-13(2)14-7-5-8-17(11-14)20-19(21)16-10-15-6-3-4-9-18(15)22-12-16/h3-9,11,13,16H,10,12H2,1-2H3,(H,20,21). The fourth-order valence-electron chi connectivity index (χ4n) is 2.72. The van der Waals surface area contributed by atoms with Crippen molar-refractivity contribution >= 4 is 11.6 Å². The smallest absolute Gasteiger partial charge is 0.231 e. The van der Waals surface area contributed by atoms with Gasteiger partial charge in [-0.05, 0) is 41.7 Å². The van der Waals surface area contributed by atoms with Gasteiger partial charge in [0.1, 0.15) is 12.4 Å². The zero-order valence-corrected chi connectivity index (χ0v) is 13.0. The van der Waals surface area contributed by atoms with Gasteiger partial charge in [-0.3, -0.25) is 4.79 Å². The van der Waals surface area contributed by atoms with Gasteiger partial charge >= 0.3 is 0 Å². The first-order valence-electron chi connectivity index (χ1n) is 7.75. The quantitative estimate of drug-likeness (QED) is 0.929. The maximum absolute atomic E-state index is 12.5. The summed E-state index contributed by atoms with van der Waals surface area (Å²) in [6, 6.07) is 16.0. The lowest BCUT2D eigenvalue weighted by atomic mass is 9.96. The van der Waals surface area contributed by atoms with E-state index in [4.69, 9.17) is 4.74 Å². The lowest BCUT2D eigenvalue weighted by Gasteiger charge is -2.24. The minimum Gasteiger partial charge on any atom is -0.492 e. The summed E-state index contributed by atoms with van der Waals surface area (Å²) in [6.45, 7) is 4.73. The van der Waals surface area contributed by atoms with Crippen molar-refractivity contribution in [1.82, 2.24) is 0 Å². The average Bonchev–Trinajstić information content (AvgIpc) is 2.54. The molecular formula is C19H21NO2. The van der Waals surface area contributed by atoms with Crippen molar-refractivity contribution in [2.75, 3.05) is 11.9 Å². The lowest BCUT2D eigenvalue weighted by Crippen LogP contribution is -2.32. The summed E-state index contributed by atoms with van der Waals surface area (Å²) >= 11 is 0. The Morgan fingerprint density at radius 1 is 1.18 bits per heavy atom. The first-order chi connectivity index (χ1) is 10.6. The highest BCUT2D eigenvalue weighted by Crippen LogP contribution is 2.27. The Morgan fingerprint density at radius 3 is 2.82 bits per heavy atom. The van der Waals surface area contributed by atoms with Gasteiger partial charge in [0.2, 0.25) is 5.91 Å². The summed E-state index contributed by atoms with van der Waals surface area (Å²) < 4.78 is 5.70. The molecule has 0 bridgehead atoms. The molecule has 3 heteroatoms. The molecule has 1 aliphatic heterocycles. The van der Waals surface area contributed by atoms with E-state index in [1.807, 2.05) is 42.5 Å². The molecule has 114 valence electrons. The van der Waals surface area contributed by atoms with Gasteiger partial charge in [-0.1, -0.05) is 44.2 Å². The zero-order valence-electron chi connectivity index (χ0n) is 13.0. The first kappa shape index (κ1) is 14.6. The Bertz CT molecular complexity index is 679. The Kier molecular flexibility index (Phi) is 4.14. The van der Waals surface area contributed by atoms with Crippen LogP contribution in [0.1, 0.15) is 30.9 Å². The Labute approximate surface area is 131 Å². The van der Waals surface area contributed by atoms with Crippen LogP contribution in [0.2, 0.25) is 0 Å². The largest absolute Gasteiger partial charge is 0.492 e. The second-order valence-corrected chi connectivity index (χ2v) is 6.09. The molecule has 3 rings (SSSR count). The number of ether oxygens (including phenoxy) is 1. The third-order valence-corrected chi connectivity index (χ3v) is 4.07. The van der Waals surface area contributed by atoms with Gasteiger partial charge in [0, 0.05) is 5.69 Å². The SMILES string of the molecule is CC(C)c1cccc(NC(=O)C2COc3ccccc3C2)c1. The molecule has 0 spiro atoms. The first-order valence-corrected chi connectivity index (χ1v) is 7.75. The van der Waals surface area contributed by atoms with Crippen molar-refractivity contribution in [3.05, 3.63) is 59.7 Å². The molecule has 1 atom stereocenters. The van der Waals surface area contributed by atoms with E-state index in [2.05, 4.69) is 25.2 Å². The summed E-state index contributed by atoms with van der Waals surface area (Å²) in [5, 5.41) is 3.02. The molecule has 3 nitrogen and oxygen atoms in total. The van der Waals surface area contributed by atoms with E-state index in [0.717, 1.165) is 23.4 Å². The number of fused-ring (bicyclic) bond motifs is 1. The average molecular weight is 295 g/mol. The predicted molar refractivity (Wildman–Crippen MR) is 88.3 cm³/mol. The monoisotopic (exact) mass is 295 g/mol. The van der Waals surface area contributed by atoms with Crippen LogP contribution in [0.15, 0.2) is 48.5 Å². The number of nitrogens with one attached hydrogen (secondary N) is 1. The third-order valence-electron chi connectivity index (χ3n) is 4.07. The van der Waals surface area contributed by atoms with Crippen LogP contribution < -0.4 is 10.1 Å². The number of carbonyl (C=O) groups is 1. The molecule has 0 fully saturated rings. The maximum atomic E-state index is 12.5. The predicted octanol–water partition coefficient (Wildman–Crippen LogP) is 4.00. The van der Waals surface area contributed by atoms with Crippen LogP contribution in [0.25, 0.3) is 0 Å². The van der Waals surface area contributed by atoms with Crippen molar-refractivity contribution in [1.29, 1.82) is 0 Å². The summed E-state index contributed by atoms with van der Waals surface area (Å²) in [5.74, 6) is 1.23. The van der Waals surface area contributed by atoms with E-state index >= 15 is 0 Å². The van der Waals surface area contributed by atoms with Gasteiger partial charge in [0.15, 0.2) is 0 Å². The number of carbonyl (C=O) groups excluding carboxylic acids is 1. The Hall–Kier alpha value is -2.29. The molecule has 0 radical (unpaired) electrons. The summed E-state index contributed by atoms with van der Waals surface area (Å²) in [6.07, 6.45) is 0.728. The van der Waals surface area contributed by atoms with Crippen molar-refractivity contribution in [2.45, 2.75) is 26.2 Å². The van der Waals surface area contributed by atoms with Gasteiger partial charge in [-0.2, -0.15) is 0 Å². The number of para-hydroxylation sites is 1. The number of anilines is 1. The highest BCUT2D eigenvalue weighted by Gasteiger charge is 2.25. The maximum Gasteiger partial charge on any atom is 0.231 e. The molecule has 0 saturated carbocycles. The fourth-order valence-corrected chi connectivity index (χ4v) is 2.72. The molecule has 1 amide bonds.